The van der Waals surface area contributed by atoms with Crippen LogP contribution in [0.1, 0.15) is 31.2 Å². The Labute approximate surface area is 85.6 Å². The predicted molar refractivity (Wildman–Crippen MR) is 57.7 cm³/mol. The maximum absolute atomic E-state index is 3.59. The van der Waals surface area contributed by atoms with Crippen LogP contribution in [-0.4, -0.2) is 0 Å². The van der Waals surface area contributed by atoms with Crippen LogP contribution in [0.3, 0.4) is 0 Å². The minimum Gasteiger partial charge on any atom is -0.0622 e. The molecule has 0 heteroatoms. The highest BCUT2D eigenvalue weighted by Crippen LogP contribution is 2.47. The Hall–Kier alpha value is -1.04. The fraction of sp³-hybridized carbons (Fsp3) is 0.429. The standard InChI is InChI=1S/C14H15/c1-2-4-11(5-3-1)8-14-10-12-6-7-13(14)9-12/h1-5,12-13H,6-7,9-10H2. The van der Waals surface area contributed by atoms with E-state index >= 15 is 0 Å². The molecular weight excluding hydrogens is 168 g/mol. The zero-order valence-corrected chi connectivity index (χ0v) is 8.37. The second-order valence-electron chi connectivity index (χ2n) is 4.60. The highest BCUT2D eigenvalue weighted by atomic mass is 14.4. The molecule has 1 aromatic rings. The van der Waals surface area contributed by atoms with Crippen LogP contribution in [0.15, 0.2) is 35.9 Å². The van der Waals surface area contributed by atoms with Crippen molar-refractivity contribution in [2.24, 2.45) is 11.8 Å². The number of hydrogen-bond acceptors (Lipinski definition) is 0. The molecular formula is C14H15. The van der Waals surface area contributed by atoms with E-state index in [1.54, 1.807) is 5.57 Å². The van der Waals surface area contributed by atoms with E-state index < -0.39 is 0 Å². The molecule has 2 aliphatic rings. The lowest BCUT2D eigenvalue weighted by molar-refractivity contribution is 0.559. The summed E-state index contributed by atoms with van der Waals surface area (Å²) in [5.74, 6) is 1.87. The van der Waals surface area contributed by atoms with E-state index in [4.69, 9.17) is 0 Å². The molecule has 0 spiro atoms. The number of allylic oxidation sites excluding steroid dienone is 1. The lowest BCUT2D eigenvalue weighted by Gasteiger charge is -2.12. The maximum Gasteiger partial charge on any atom is -0.0111 e. The van der Waals surface area contributed by atoms with Crippen molar-refractivity contribution in [1.29, 1.82) is 0 Å². The molecule has 0 aromatic heterocycles. The molecule has 2 saturated carbocycles. The summed E-state index contributed by atoms with van der Waals surface area (Å²) in [6.07, 6.45) is 9.23. The average molecular weight is 183 g/mol. The van der Waals surface area contributed by atoms with Crippen molar-refractivity contribution in [3.8, 4) is 0 Å². The summed E-state index contributed by atoms with van der Waals surface area (Å²) in [6, 6.07) is 10.6. The summed E-state index contributed by atoms with van der Waals surface area (Å²) in [7, 11) is 0. The molecule has 0 aliphatic heterocycles. The highest BCUT2D eigenvalue weighted by Gasteiger charge is 2.35. The van der Waals surface area contributed by atoms with Gasteiger partial charge in [-0.1, -0.05) is 35.9 Å². The largest absolute Gasteiger partial charge is 0.0622 e. The van der Waals surface area contributed by atoms with Gasteiger partial charge in [-0.15, -0.1) is 0 Å². The lowest BCUT2D eigenvalue weighted by Crippen LogP contribution is -1.98. The van der Waals surface area contributed by atoms with Crippen molar-refractivity contribution < 1.29 is 0 Å². The van der Waals surface area contributed by atoms with Crippen LogP contribution in [0.5, 0.6) is 0 Å². The first-order valence-electron chi connectivity index (χ1n) is 5.59. The molecule has 14 heavy (non-hydrogen) atoms. The van der Waals surface area contributed by atoms with Crippen LogP contribution >= 0.6 is 0 Å². The van der Waals surface area contributed by atoms with Crippen LogP contribution in [0.25, 0.3) is 0 Å². The Kier molecular flexibility index (Phi) is 1.93. The van der Waals surface area contributed by atoms with Gasteiger partial charge in [0, 0.05) is 0 Å². The van der Waals surface area contributed by atoms with E-state index in [9.17, 15) is 0 Å². The third-order valence-electron chi connectivity index (χ3n) is 3.62. The molecule has 2 fully saturated rings. The van der Waals surface area contributed by atoms with E-state index in [0.29, 0.717) is 0 Å². The Morgan fingerprint density at radius 1 is 1.07 bits per heavy atom. The monoisotopic (exact) mass is 183 g/mol. The molecule has 1 radical (unpaired) electrons. The van der Waals surface area contributed by atoms with Gasteiger partial charge in [0.1, 0.15) is 0 Å². The zero-order chi connectivity index (χ0) is 9.38. The predicted octanol–water partition coefficient (Wildman–Crippen LogP) is 3.58. The number of benzene rings is 1. The van der Waals surface area contributed by atoms with E-state index in [1.807, 2.05) is 0 Å². The molecule has 2 atom stereocenters. The van der Waals surface area contributed by atoms with Crippen molar-refractivity contribution in [2.45, 2.75) is 25.7 Å². The average Bonchev–Trinajstić information content (AvgIpc) is 2.81. The van der Waals surface area contributed by atoms with Gasteiger partial charge >= 0.3 is 0 Å². The SMILES string of the molecule is [C](=C1CC2CCC1C2)c1ccccc1. The molecule has 0 amide bonds. The normalized spacial score (nSPS) is 32.7. The van der Waals surface area contributed by atoms with Crippen molar-refractivity contribution in [2.75, 3.05) is 0 Å². The van der Waals surface area contributed by atoms with E-state index in [0.717, 1.165) is 11.8 Å². The van der Waals surface area contributed by atoms with E-state index in [-0.39, 0.29) is 0 Å². The summed E-state index contributed by atoms with van der Waals surface area (Å²) in [5, 5.41) is 0. The fourth-order valence-electron chi connectivity index (χ4n) is 2.91. The maximum atomic E-state index is 3.59. The molecule has 0 nitrogen and oxygen atoms in total. The van der Waals surface area contributed by atoms with Gasteiger partial charge in [0.05, 0.1) is 0 Å². The van der Waals surface area contributed by atoms with Crippen molar-refractivity contribution in [3.05, 3.63) is 47.5 Å². The summed E-state index contributed by atoms with van der Waals surface area (Å²) in [6.45, 7) is 0. The minimum atomic E-state index is 0.875. The van der Waals surface area contributed by atoms with Crippen LogP contribution in [-0.2, 0) is 0 Å². The van der Waals surface area contributed by atoms with Gasteiger partial charge in [-0.25, -0.2) is 0 Å². The van der Waals surface area contributed by atoms with Gasteiger partial charge < -0.3 is 0 Å². The number of hydrogen-bond donors (Lipinski definition) is 0. The molecule has 2 aliphatic carbocycles. The third-order valence-corrected chi connectivity index (χ3v) is 3.62. The molecule has 1 aromatic carbocycles. The Balaban J connectivity index is 1.86. The van der Waals surface area contributed by atoms with Crippen LogP contribution in [0.4, 0.5) is 0 Å². The summed E-state index contributed by atoms with van der Waals surface area (Å²) >= 11 is 0. The van der Waals surface area contributed by atoms with Gasteiger partial charge in [0.15, 0.2) is 0 Å². The highest BCUT2D eigenvalue weighted by molar-refractivity contribution is 5.27. The molecule has 0 N–H and O–H groups in total. The van der Waals surface area contributed by atoms with Crippen molar-refractivity contribution in [3.63, 3.8) is 0 Å². The summed E-state index contributed by atoms with van der Waals surface area (Å²) in [4.78, 5) is 0. The van der Waals surface area contributed by atoms with Gasteiger partial charge in [-0.3, -0.25) is 0 Å². The fourth-order valence-corrected chi connectivity index (χ4v) is 2.91. The second-order valence-corrected chi connectivity index (χ2v) is 4.60. The van der Waals surface area contributed by atoms with E-state index in [1.165, 1.54) is 31.2 Å². The number of fused-ring (bicyclic) bond motifs is 2. The zero-order valence-electron chi connectivity index (χ0n) is 8.37. The van der Waals surface area contributed by atoms with Crippen LogP contribution in [0.2, 0.25) is 0 Å². The van der Waals surface area contributed by atoms with Crippen molar-refractivity contribution >= 4 is 0 Å². The van der Waals surface area contributed by atoms with Crippen molar-refractivity contribution in [1.82, 2.24) is 0 Å². The topological polar surface area (TPSA) is 0 Å². The number of rotatable bonds is 1. The quantitative estimate of drug-likeness (QED) is 0.624. The second kappa shape index (κ2) is 3.27. The van der Waals surface area contributed by atoms with Crippen LogP contribution < -0.4 is 0 Å². The van der Waals surface area contributed by atoms with Gasteiger partial charge in [0.2, 0.25) is 0 Å². The van der Waals surface area contributed by atoms with Gasteiger partial charge in [0.25, 0.3) is 0 Å². The Morgan fingerprint density at radius 2 is 1.93 bits per heavy atom. The van der Waals surface area contributed by atoms with Gasteiger partial charge in [-0.2, -0.15) is 0 Å². The van der Waals surface area contributed by atoms with Crippen LogP contribution in [0, 0.1) is 17.9 Å². The first-order chi connectivity index (χ1) is 6.92. The summed E-state index contributed by atoms with van der Waals surface area (Å²) in [5.41, 5.74) is 2.85. The molecule has 2 bridgehead atoms. The molecule has 0 saturated heterocycles. The first-order valence-corrected chi connectivity index (χ1v) is 5.59. The van der Waals surface area contributed by atoms with Gasteiger partial charge in [-0.05, 0) is 49.2 Å². The lowest BCUT2D eigenvalue weighted by atomic mass is 9.93. The first kappa shape index (κ1) is 8.28. The smallest absolute Gasteiger partial charge is 0.0111 e. The Morgan fingerprint density at radius 3 is 2.57 bits per heavy atom. The molecule has 2 unspecified atom stereocenters. The third kappa shape index (κ3) is 1.39. The minimum absolute atomic E-state index is 0.875. The molecule has 71 valence electrons. The summed E-state index contributed by atoms with van der Waals surface area (Å²) < 4.78 is 0. The molecule has 3 rings (SSSR count). The molecule has 0 heterocycles. The Bertz CT molecular complexity index is 348. The van der Waals surface area contributed by atoms with E-state index in [2.05, 4.69) is 36.4 Å².